The number of rotatable bonds is 4. The monoisotopic (exact) mass is 577 g/mol. The van der Waals surface area contributed by atoms with Crippen molar-refractivity contribution in [3.63, 3.8) is 0 Å². The molecule has 2 aliphatic carbocycles. The van der Waals surface area contributed by atoms with E-state index in [9.17, 15) is 0 Å². The molecule has 5 rings (SSSR count). The van der Waals surface area contributed by atoms with Gasteiger partial charge in [0.05, 0.1) is 0 Å². The second-order valence-corrected chi connectivity index (χ2v) is 40.8. The van der Waals surface area contributed by atoms with Crippen LogP contribution in [0.25, 0.3) is 12.2 Å². The molecule has 0 bridgehead atoms. The van der Waals surface area contributed by atoms with Crippen LogP contribution in [-0.4, -0.2) is 0 Å². The molecule has 2 aliphatic rings. The molecule has 0 nitrogen and oxygen atoms in total. The van der Waals surface area contributed by atoms with Crippen LogP contribution in [0.15, 0.2) is 89.4 Å². The fourth-order valence-corrected chi connectivity index (χ4v) is 33.1. The molecule has 0 amide bonds. The number of fused-ring (bicyclic) bond motifs is 2. The third-order valence-corrected chi connectivity index (χ3v) is 34.0. The summed E-state index contributed by atoms with van der Waals surface area (Å²) < 4.78 is 1.24. The molecule has 0 spiro atoms. The molecule has 0 radical (unpaired) electrons. The van der Waals surface area contributed by atoms with Crippen LogP contribution in [0, 0.1) is 0 Å². The van der Waals surface area contributed by atoms with Crippen LogP contribution >= 0.6 is 38.8 Å². The van der Waals surface area contributed by atoms with Gasteiger partial charge in [0.2, 0.25) is 0 Å². The van der Waals surface area contributed by atoms with Crippen molar-refractivity contribution in [2.24, 2.45) is 0 Å². The van der Waals surface area contributed by atoms with Crippen LogP contribution in [0.1, 0.15) is 29.5 Å². The molecule has 0 aromatic heterocycles. The summed E-state index contributed by atoms with van der Waals surface area (Å²) >= 11 is -0.769. The molecule has 5 heteroatoms. The van der Waals surface area contributed by atoms with Gasteiger partial charge >= 0.3 is 191 Å². The second-order valence-electron chi connectivity index (χ2n) is 7.69. The zero-order valence-electron chi connectivity index (χ0n) is 15.5. The average molecular weight is 580 g/mol. The zero-order valence-corrected chi connectivity index (χ0v) is 22.1. The molecular weight excluding hydrogens is 561 g/mol. The topological polar surface area (TPSA) is 0 Å². The van der Waals surface area contributed by atoms with Gasteiger partial charge in [0.15, 0.2) is 0 Å². The summed E-state index contributed by atoms with van der Waals surface area (Å²) in [6.45, 7) is 0. The first-order valence-electron chi connectivity index (χ1n) is 9.61. The maximum absolute atomic E-state index is 7.93. The molecule has 3 aromatic rings. The van der Waals surface area contributed by atoms with E-state index in [0.29, 0.717) is 5.87 Å². The minimum atomic E-state index is -4.56. The summed E-state index contributed by atoms with van der Waals surface area (Å²) in [6, 6.07) is 25.4. The van der Waals surface area contributed by atoms with Crippen molar-refractivity contribution >= 4 is 56.3 Å². The Labute approximate surface area is 189 Å². The van der Waals surface area contributed by atoms with Crippen molar-refractivity contribution in [1.29, 1.82) is 0 Å². The van der Waals surface area contributed by atoms with E-state index >= 15 is 0 Å². The molecule has 145 valence electrons. The Balaban J connectivity index is 1.72. The van der Waals surface area contributed by atoms with Crippen LogP contribution < -0.4 is 5.30 Å². The van der Waals surface area contributed by atoms with E-state index in [4.69, 9.17) is 17.0 Å². The standard InChI is InChI=1S/C9H6Br.C9H7.C6H6P.2ClH.Zr/c10-9-6-2-4-7-3-1-5-8(7)9;1-2-5-9-7-3-6-8(9)4-1;7-6-4-2-1-3-5-6;;;/h1-6H;1-7H;1-5,7H;2*1H;/q;;-1;;;+3/p-2. The summed E-state index contributed by atoms with van der Waals surface area (Å²) in [5.74, 6) is 0.407. The molecule has 0 N–H and O–H groups in total. The first-order chi connectivity index (χ1) is 14.0. The van der Waals surface area contributed by atoms with Crippen molar-refractivity contribution in [3.8, 4) is 0 Å². The molecular formula is C24H19BrCl2PZr. The Bertz CT molecular complexity index is 1160. The summed E-state index contributed by atoms with van der Waals surface area (Å²) in [5.41, 5.74) is 5.00. The number of benzene rings is 3. The molecule has 0 saturated carbocycles. The SMILES string of the molecule is [Cl][Zr]([Cl])([PH]c1ccccc1)([CH]1C=Cc2ccccc21)[CH]1C=Cc2cccc(Br)c21. The Morgan fingerprint density at radius 3 is 2.21 bits per heavy atom. The van der Waals surface area contributed by atoms with E-state index in [0.717, 1.165) is 4.47 Å². The summed E-state index contributed by atoms with van der Waals surface area (Å²) in [7, 11) is 15.9. The van der Waals surface area contributed by atoms with E-state index in [1.807, 2.05) is 6.07 Å². The van der Waals surface area contributed by atoms with Crippen LogP contribution in [0.5, 0.6) is 0 Å². The normalized spacial score (nSPS) is 21.3. The molecule has 0 saturated heterocycles. The summed E-state index contributed by atoms with van der Waals surface area (Å²) in [5, 5.41) is 1.25. The van der Waals surface area contributed by atoms with Gasteiger partial charge in [0.25, 0.3) is 0 Å². The van der Waals surface area contributed by atoms with Gasteiger partial charge in [-0.2, -0.15) is 0 Å². The summed E-state index contributed by atoms with van der Waals surface area (Å²) in [4.78, 5) is 0. The van der Waals surface area contributed by atoms with Gasteiger partial charge in [-0.1, -0.05) is 0 Å². The Kier molecular flexibility index (Phi) is 5.34. The van der Waals surface area contributed by atoms with Gasteiger partial charge in [-0.3, -0.25) is 0 Å². The molecule has 29 heavy (non-hydrogen) atoms. The molecule has 0 aliphatic heterocycles. The fourth-order valence-electron chi connectivity index (χ4n) is 4.62. The van der Waals surface area contributed by atoms with Gasteiger partial charge in [-0.05, 0) is 0 Å². The van der Waals surface area contributed by atoms with Crippen molar-refractivity contribution in [2.45, 2.75) is 7.25 Å². The first-order valence-corrected chi connectivity index (χ1v) is 24.3. The number of allylic oxidation sites excluding steroid dienone is 2. The van der Waals surface area contributed by atoms with E-state index < -0.39 is 15.8 Å². The number of halogens is 3. The van der Waals surface area contributed by atoms with E-state index in [1.54, 1.807) is 0 Å². The van der Waals surface area contributed by atoms with Crippen LogP contribution in [0.4, 0.5) is 0 Å². The van der Waals surface area contributed by atoms with Crippen LogP contribution in [-0.2, 0) is 15.8 Å². The van der Waals surface area contributed by atoms with Crippen molar-refractivity contribution < 1.29 is 15.8 Å². The Morgan fingerprint density at radius 2 is 1.38 bits per heavy atom. The molecule has 0 heterocycles. The van der Waals surface area contributed by atoms with Crippen LogP contribution in [0.3, 0.4) is 0 Å². The Morgan fingerprint density at radius 1 is 0.724 bits per heavy atom. The number of hydrogen-bond acceptors (Lipinski definition) is 0. The van der Waals surface area contributed by atoms with E-state index in [-0.39, 0.29) is 7.25 Å². The van der Waals surface area contributed by atoms with Crippen molar-refractivity contribution in [3.05, 3.63) is 112 Å². The molecule has 0 fully saturated rings. The third kappa shape index (κ3) is 3.41. The van der Waals surface area contributed by atoms with Gasteiger partial charge in [0, 0.05) is 0 Å². The zero-order chi connectivity index (χ0) is 20.1. The average Bonchev–Trinajstić information content (AvgIpc) is 3.35. The van der Waals surface area contributed by atoms with E-state index in [2.05, 4.69) is 107 Å². The first kappa shape index (κ1) is 20.4. The van der Waals surface area contributed by atoms with Gasteiger partial charge < -0.3 is 0 Å². The van der Waals surface area contributed by atoms with Gasteiger partial charge in [-0.15, -0.1) is 0 Å². The predicted molar refractivity (Wildman–Crippen MR) is 130 cm³/mol. The quantitative estimate of drug-likeness (QED) is 0.273. The fraction of sp³-hybridized carbons (Fsp3) is 0.0833. The van der Waals surface area contributed by atoms with Gasteiger partial charge in [0.1, 0.15) is 0 Å². The van der Waals surface area contributed by atoms with E-state index in [1.165, 1.54) is 27.6 Å². The van der Waals surface area contributed by atoms with Crippen LogP contribution in [0.2, 0.25) is 0 Å². The predicted octanol–water partition coefficient (Wildman–Crippen LogP) is 8.20. The minimum absolute atomic E-state index is 0.0599. The Hall–Kier alpha value is -0.487. The maximum atomic E-state index is 7.93. The molecule has 3 aromatic carbocycles. The third-order valence-electron chi connectivity index (χ3n) is 5.96. The number of hydrogen-bond donors (Lipinski definition) is 0. The molecule has 3 atom stereocenters. The van der Waals surface area contributed by atoms with Gasteiger partial charge in [-0.25, -0.2) is 0 Å². The van der Waals surface area contributed by atoms with Crippen molar-refractivity contribution in [1.82, 2.24) is 0 Å². The van der Waals surface area contributed by atoms with Crippen molar-refractivity contribution in [2.75, 3.05) is 0 Å². The summed E-state index contributed by atoms with van der Waals surface area (Å²) in [6.07, 6.45) is 8.94. The second kappa shape index (κ2) is 7.58. The molecule has 3 unspecified atom stereocenters.